The summed E-state index contributed by atoms with van der Waals surface area (Å²) in [4.78, 5) is 24.7. The van der Waals surface area contributed by atoms with Crippen LogP contribution >= 0.6 is 0 Å². The lowest BCUT2D eigenvalue weighted by atomic mass is 9.98. The third kappa shape index (κ3) is 4.78. The van der Waals surface area contributed by atoms with Crippen LogP contribution in [0.3, 0.4) is 0 Å². The molecule has 1 atom stereocenters. The van der Waals surface area contributed by atoms with Gasteiger partial charge in [0.05, 0.1) is 0 Å². The molecule has 0 fully saturated rings. The summed E-state index contributed by atoms with van der Waals surface area (Å²) in [6.45, 7) is 5.43. The first-order valence-electron chi connectivity index (χ1n) is 9.58. The van der Waals surface area contributed by atoms with Crippen molar-refractivity contribution in [2.24, 2.45) is 0 Å². The minimum atomic E-state index is -0.949. The zero-order valence-electron chi connectivity index (χ0n) is 16.9. The molecule has 5 nitrogen and oxygen atoms in total. The lowest BCUT2D eigenvalue weighted by Crippen LogP contribution is -2.44. The van der Waals surface area contributed by atoms with Crippen molar-refractivity contribution >= 4 is 12.1 Å². The first kappa shape index (κ1) is 20.5. The van der Waals surface area contributed by atoms with Crippen molar-refractivity contribution < 1.29 is 19.1 Å². The second-order valence-electron chi connectivity index (χ2n) is 7.96. The number of nitrogens with one attached hydrogen (secondary N) is 1. The molecule has 0 radical (unpaired) electrons. The van der Waals surface area contributed by atoms with Gasteiger partial charge in [-0.05, 0) is 43.0 Å². The summed E-state index contributed by atoms with van der Waals surface area (Å²) in [5, 5.41) is 2.53. The van der Waals surface area contributed by atoms with Crippen LogP contribution < -0.4 is 5.32 Å². The van der Waals surface area contributed by atoms with Gasteiger partial charge >= 0.3 is 12.1 Å². The second kappa shape index (κ2) is 8.40. The van der Waals surface area contributed by atoms with Crippen LogP contribution in [0.2, 0.25) is 0 Å². The maximum absolute atomic E-state index is 12.4. The maximum atomic E-state index is 12.4. The van der Waals surface area contributed by atoms with E-state index >= 15 is 0 Å². The Hall–Kier alpha value is -3.26. The molecule has 0 saturated carbocycles. The van der Waals surface area contributed by atoms with Crippen molar-refractivity contribution in [3.8, 4) is 23.5 Å². The average molecular weight is 391 g/mol. The quantitative estimate of drug-likeness (QED) is 0.611. The Morgan fingerprint density at radius 2 is 1.62 bits per heavy atom. The SMILES string of the molecule is C#CC[C@H](NC(=O)OCC1c2ccccc2-c2ccccc21)C(=O)OC(C)(C)C. The number of amides is 1. The fourth-order valence-electron chi connectivity index (χ4n) is 3.47. The van der Waals surface area contributed by atoms with Gasteiger partial charge in [0.2, 0.25) is 0 Å². The molecule has 1 amide bonds. The van der Waals surface area contributed by atoms with E-state index in [0.717, 1.165) is 22.3 Å². The molecule has 29 heavy (non-hydrogen) atoms. The van der Waals surface area contributed by atoms with Gasteiger partial charge in [0.15, 0.2) is 0 Å². The number of hydrogen-bond donors (Lipinski definition) is 1. The van der Waals surface area contributed by atoms with E-state index in [4.69, 9.17) is 15.9 Å². The van der Waals surface area contributed by atoms with Crippen LogP contribution in [0.4, 0.5) is 4.79 Å². The molecule has 2 aromatic rings. The summed E-state index contributed by atoms with van der Waals surface area (Å²) in [6, 6.07) is 15.2. The van der Waals surface area contributed by atoms with E-state index in [0.29, 0.717) is 0 Å². The predicted octanol–water partition coefficient (Wildman–Crippen LogP) is 4.26. The fourth-order valence-corrected chi connectivity index (χ4v) is 3.47. The van der Waals surface area contributed by atoms with Gasteiger partial charge in [0, 0.05) is 12.3 Å². The molecule has 1 aliphatic rings. The lowest BCUT2D eigenvalue weighted by Gasteiger charge is -2.23. The molecule has 0 heterocycles. The fraction of sp³-hybridized carbons (Fsp3) is 0.333. The molecule has 0 unspecified atom stereocenters. The Bertz CT molecular complexity index is 906. The summed E-state index contributed by atoms with van der Waals surface area (Å²) >= 11 is 0. The molecule has 5 heteroatoms. The second-order valence-corrected chi connectivity index (χ2v) is 7.96. The van der Waals surface area contributed by atoms with E-state index in [2.05, 4.69) is 23.4 Å². The number of terminal acetylenes is 1. The molecule has 3 rings (SSSR count). The molecule has 1 aliphatic carbocycles. The Kier molecular flexibility index (Phi) is 5.93. The highest BCUT2D eigenvalue weighted by Gasteiger charge is 2.30. The molecule has 0 aliphatic heterocycles. The van der Waals surface area contributed by atoms with Crippen molar-refractivity contribution in [3.63, 3.8) is 0 Å². The molecule has 0 aromatic heterocycles. The topological polar surface area (TPSA) is 64.6 Å². The van der Waals surface area contributed by atoms with E-state index in [1.54, 1.807) is 20.8 Å². The molecule has 1 N–H and O–H groups in total. The van der Waals surface area contributed by atoms with Crippen LogP contribution in [0.5, 0.6) is 0 Å². The Morgan fingerprint density at radius 3 is 2.14 bits per heavy atom. The van der Waals surface area contributed by atoms with E-state index in [9.17, 15) is 9.59 Å². The number of rotatable bonds is 5. The number of esters is 1. The highest BCUT2D eigenvalue weighted by Crippen LogP contribution is 2.44. The monoisotopic (exact) mass is 391 g/mol. The predicted molar refractivity (Wildman–Crippen MR) is 111 cm³/mol. The van der Waals surface area contributed by atoms with Gasteiger partial charge in [-0.2, -0.15) is 0 Å². The first-order chi connectivity index (χ1) is 13.8. The van der Waals surface area contributed by atoms with Crippen molar-refractivity contribution in [1.29, 1.82) is 0 Å². The molecular weight excluding hydrogens is 366 g/mol. The number of fused-ring (bicyclic) bond motifs is 3. The van der Waals surface area contributed by atoms with Gasteiger partial charge in [0.1, 0.15) is 18.2 Å². The van der Waals surface area contributed by atoms with Crippen LogP contribution in [-0.4, -0.2) is 30.3 Å². The first-order valence-corrected chi connectivity index (χ1v) is 9.58. The van der Waals surface area contributed by atoms with Crippen molar-refractivity contribution in [3.05, 3.63) is 59.7 Å². The number of carbonyl (C=O) groups is 2. The zero-order chi connectivity index (χ0) is 21.0. The van der Waals surface area contributed by atoms with Gasteiger partial charge in [-0.15, -0.1) is 12.3 Å². The summed E-state index contributed by atoms with van der Waals surface area (Å²) in [7, 11) is 0. The number of benzene rings is 2. The van der Waals surface area contributed by atoms with E-state index in [1.165, 1.54) is 0 Å². The van der Waals surface area contributed by atoms with Crippen molar-refractivity contribution in [2.75, 3.05) is 6.61 Å². The largest absolute Gasteiger partial charge is 0.458 e. The van der Waals surface area contributed by atoms with Crippen LogP contribution in [-0.2, 0) is 14.3 Å². The van der Waals surface area contributed by atoms with Gasteiger partial charge in [0.25, 0.3) is 0 Å². The summed E-state index contributed by atoms with van der Waals surface area (Å²) in [6.07, 6.45) is 4.67. The van der Waals surface area contributed by atoms with Gasteiger partial charge in [-0.1, -0.05) is 48.5 Å². The maximum Gasteiger partial charge on any atom is 0.407 e. The lowest BCUT2D eigenvalue weighted by molar-refractivity contribution is -0.157. The molecule has 0 spiro atoms. The Balaban J connectivity index is 1.67. The molecule has 0 saturated heterocycles. The number of alkyl carbamates (subject to hydrolysis) is 1. The summed E-state index contributed by atoms with van der Waals surface area (Å²) in [5.41, 5.74) is 3.86. The van der Waals surface area contributed by atoms with E-state index in [-0.39, 0.29) is 18.9 Å². The number of carbonyl (C=O) groups excluding carboxylic acids is 2. The zero-order valence-corrected chi connectivity index (χ0v) is 16.9. The number of ether oxygens (including phenoxy) is 2. The Morgan fingerprint density at radius 1 is 1.07 bits per heavy atom. The van der Waals surface area contributed by atoms with Crippen LogP contribution in [0.1, 0.15) is 44.2 Å². The molecular formula is C24H25NO4. The normalized spacial score (nSPS) is 13.6. The third-order valence-electron chi connectivity index (χ3n) is 4.65. The number of hydrogen-bond acceptors (Lipinski definition) is 4. The highest BCUT2D eigenvalue weighted by atomic mass is 16.6. The van der Waals surface area contributed by atoms with Crippen molar-refractivity contribution in [1.82, 2.24) is 5.32 Å². The minimum absolute atomic E-state index is 0.0269. The molecule has 150 valence electrons. The minimum Gasteiger partial charge on any atom is -0.458 e. The van der Waals surface area contributed by atoms with Crippen LogP contribution in [0.15, 0.2) is 48.5 Å². The van der Waals surface area contributed by atoms with E-state index < -0.39 is 23.7 Å². The van der Waals surface area contributed by atoms with E-state index in [1.807, 2.05) is 36.4 Å². The van der Waals surface area contributed by atoms with Crippen molar-refractivity contribution in [2.45, 2.75) is 44.8 Å². The molecule has 0 bridgehead atoms. The highest BCUT2D eigenvalue weighted by molar-refractivity contribution is 5.82. The van der Waals surface area contributed by atoms with Gasteiger partial charge in [-0.25, -0.2) is 9.59 Å². The standard InChI is InChI=1S/C24H25NO4/c1-5-10-21(22(26)29-24(2,3)4)25-23(27)28-15-20-18-13-8-6-11-16(18)17-12-7-9-14-19(17)20/h1,6-9,11-14,20-21H,10,15H2,2-4H3,(H,25,27)/t21-/m0/s1. The average Bonchev–Trinajstić information content (AvgIpc) is 2.99. The molecule has 2 aromatic carbocycles. The smallest absolute Gasteiger partial charge is 0.407 e. The summed E-state index contributed by atoms with van der Waals surface area (Å²) < 4.78 is 10.8. The van der Waals surface area contributed by atoms with Crippen LogP contribution in [0.25, 0.3) is 11.1 Å². The van der Waals surface area contributed by atoms with Gasteiger partial charge in [-0.3, -0.25) is 0 Å². The third-order valence-corrected chi connectivity index (χ3v) is 4.65. The van der Waals surface area contributed by atoms with Crippen LogP contribution in [0, 0.1) is 12.3 Å². The van der Waals surface area contributed by atoms with Gasteiger partial charge < -0.3 is 14.8 Å². The summed E-state index contributed by atoms with van der Waals surface area (Å²) in [5.74, 6) is 1.76. The Labute approximate surface area is 171 Å².